The van der Waals surface area contributed by atoms with Crippen LogP contribution in [0.15, 0.2) is 29.8 Å². The molecule has 3 rings (SSSR count). The van der Waals surface area contributed by atoms with E-state index in [4.69, 9.17) is 4.74 Å². The molecule has 1 aliphatic heterocycles. The Labute approximate surface area is 92.7 Å². The second-order valence-corrected chi connectivity index (χ2v) is 4.25. The van der Waals surface area contributed by atoms with Gasteiger partial charge in [0.15, 0.2) is 5.78 Å². The molecule has 1 fully saturated rings. The minimum atomic E-state index is -0.279. The first-order chi connectivity index (χ1) is 7.75. The Kier molecular flexibility index (Phi) is 2.14. The van der Waals surface area contributed by atoms with Gasteiger partial charge in [0.05, 0.1) is 13.2 Å². The largest absolute Gasteiger partial charge is 0.376 e. The lowest BCUT2D eigenvalue weighted by Crippen LogP contribution is -2.01. The number of ether oxygens (including phenoxy) is 1. The molecule has 1 heterocycles. The fourth-order valence-electron chi connectivity index (χ4n) is 2.46. The quantitative estimate of drug-likeness (QED) is 0.722. The summed E-state index contributed by atoms with van der Waals surface area (Å²) in [6.07, 6.45) is 0.544. The smallest absolute Gasteiger partial charge is 0.164 e. The van der Waals surface area contributed by atoms with Crippen LogP contribution in [0.1, 0.15) is 12.0 Å². The summed E-state index contributed by atoms with van der Waals surface area (Å²) >= 11 is 0. The molecule has 1 atom stereocenters. The number of allylic oxidation sites excluding steroid dienone is 1. The zero-order chi connectivity index (χ0) is 11.1. The average Bonchev–Trinajstić information content (AvgIpc) is 2.79. The summed E-state index contributed by atoms with van der Waals surface area (Å²) in [6, 6.07) is 6.10. The number of ketones is 1. The van der Waals surface area contributed by atoms with Gasteiger partial charge in [0.25, 0.3) is 0 Å². The van der Waals surface area contributed by atoms with Crippen LogP contribution in [-0.2, 0) is 9.53 Å². The Morgan fingerprint density at radius 1 is 1.25 bits per heavy atom. The molecule has 0 N–H and O–H groups in total. The van der Waals surface area contributed by atoms with E-state index < -0.39 is 0 Å². The van der Waals surface area contributed by atoms with Gasteiger partial charge in [0.1, 0.15) is 5.82 Å². The van der Waals surface area contributed by atoms with Crippen LogP contribution in [0.25, 0.3) is 5.57 Å². The molecule has 0 radical (unpaired) electrons. The summed E-state index contributed by atoms with van der Waals surface area (Å²) in [7, 11) is 0. The number of rotatable bonds is 1. The highest BCUT2D eigenvalue weighted by Crippen LogP contribution is 2.39. The lowest BCUT2D eigenvalue weighted by atomic mass is 10.0. The lowest BCUT2D eigenvalue weighted by molar-refractivity contribution is -0.113. The number of benzene rings is 1. The second kappa shape index (κ2) is 3.52. The van der Waals surface area contributed by atoms with Crippen molar-refractivity contribution in [3.63, 3.8) is 0 Å². The Balaban J connectivity index is 2.08. The first kappa shape index (κ1) is 9.73. The SMILES string of the molecule is O=C1C[C@H]2COCC2=C1c1ccc(F)cc1. The predicted octanol–water partition coefficient (Wildman–Crippen LogP) is 2.20. The molecule has 16 heavy (non-hydrogen) atoms. The van der Waals surface area contributed by atoms with Crippen molar-refractivity contribution in [2.75, 3.05) is 13.2 Å². The molecule has 1 aromatic carbocycles. The van der Waals surface area contributed by atoms with E-state index in [9.17, 15) is 9.18 Å². The predicted molar refractivity (Wildman–Crippen MR) is 57.3 cm³/mol. The van der Waals surface area contributed by atoms with E-state index >= 15 is 0 Å². The third kappa shape index (κ3) is 1.39. The molecular weight excluding hydrogens is 207 g/mol. The minimum absolute atomic E-state index is 0.162. The van der Waals surface area contributed by atoms with Crippen LogP contribution in [0.5, 0.6) is 0 Å². The monoisotopic (exact) mass is 218 g/mol. The summed E-state index contributed by atoms with van der Waals surface area (Å²) in [6.45, 7) is 1.19. The first-order valence-corrected chi connectivity index (χ1v) is 5.35. The van der Waals surface area contributed by atoms with E-state index in [-0.39, 0.29) is 17.5 Å². The number of carbonyl (C=O) groups is 1. The van der Waals surface area contributed by atoms with Crippen LogP contribution >= 0.6 is 0 Å². The number of fused-ring (bicyclic) bond motifs is 1. The van der Waals surface area contributed by atoms with Gasteiger partial charge in [-0.15, -0.1) is 0 Å². The van der Waals surface area contributed by atoms with Crippen LogP contribution in [0.4, 0.5) is 4.39 Å². The molecular formula is C13H11FO2. The zero-order valence-electron chi connectivity index (χ0n) is 8.70. The van der Waals surface area contributed by atoms with Gasteiger partial charge < -0.3 is 4.74 Å². The van der Waals surface area contributed by atoms with Crippen molar-refractivity contribution < 1.29 is 13.9 Å². The second-order valence-electron chi connectivity index (χ2n) is 4.25. The number of hydrogen-bond acceptors (Lipinski definition) is 2. The summed E-state index contributed by atoms with van der Waals surface area (Å²) in [4.78, 5) is 11.9. The summed E-state index contributed by atoms with van der Waals surface area (Å²) < 4.78 is 18.2. The van der Waals surface area contributed by atoms with Crippen molar-refractivity contribution in [1.82, 2.24) is 0 Å². The molecule has 2 nitrogen and oxygen atoms in total. The number of hydrogen-bond donors (Lipinski definition) is 0. The van der Waals surface area contributed by atoms with Crippen LogP contribution < -0.4 is 0 Å². The maximum atomic E-state index is 12.8. The molecule has 3 heteroatoms. The van der Waals surface area contributed by atoms with E-state index in [1.54, 1.807) is 12.1 Å². The van der Waals surface area contributed by atoms with Gasteiger partial charge in [-0.3, -0.25) is 4.79 Å². The van der Waals surface area contributed by atoms with Crippen molar-refractivity contribution in [2.24, 2.45) is 5.92 Å². The molecule has 2 aliphatic rings. The fraction of sp³-hybridized carbons (Fsp3) is 0.308. The molecule has 1 aliphatic carbocycles. The zero-order valence-corrected chi connectivity index (χ0v) is 8.70. The highest BCUT2D eigenvalue weighted by Gasteiger charge is 2.36. The van der Waals surface area contributed by atoms with E-state index in [0.29, 0.717) is 19.6 Å². The Bertz CT molecular complexity index is 473. The van der Waals surface area contributed by atoms with Gasteiger partial charge in [0.2, 0.25) is 0 Å². The molecule has 0 unspecified atom stereocenters. The fourth-order valence-corrected chi connectivity index (χ4v) is 2.46. The average molecular weight is 218 g/mol. The van der Waals surface area contributed by atoms with Crippen molar-refractivity contribution in [1.29, 1.82) is 0 Å². The van der Waals surface area contributed by atoms with Gasteiger partial charge in [-0.1, -0.05) is 12.1 Å². The molecule has 0 aromatic heterocycles. The Morgan fingerprint density at radius 2 is 2.00 bits per heavy atom. The van der Waals surface area contributed by atoms with Gasteiger partial charge in [-0.05, 0) is 23.3 Å². The van der Waals surface area contributed by atoms with Crippen LogP contribution in [0, 0.1) is 11.7 Å². The van der Waals surface area contributed by atoms with Crippen LogP contribution in [0.3, 0.4) is 0 Å². The van der Waals surface area contributed by atoms with Crippen molar-refractivity contribution >= 4 is 11.4 Å². The number of halogens is 1. The van der Waals surface area contributed by atoms with Gasteiger partial charge in [-0.2, -0.15) is 0 Å². The van der Waals surface area contributed by atoms with E-state index in [2.05, 4.69) is 0 Å². The topological polar surface area (TPSA) is 26.3 Å². The van der Waals surface area contributed by atoms with Crippen molar-refractivity contribution in [3.8, 4) is 0 Å². The Morgan fingerprint density at radius 3 is 2.75 bits per heavy atom. The highest BCUT2D eigenvalue weighted by atomic mass is 19.1. The number of Topliss-reactive ketones (excluding diaryl/α,β-unsaturated/α-hetero) is 1. The minimum Gasteiger partial charge on any atom is -0.376 e. The van der Waals surface area contributed by atoms with E-state index in [1.807, 2.05) is 0 Å². The van der Waals surface area contributed by atoms with Crippen molar-refractivity contribution in [2.45, 2.75) is 6.42 Å². The molecule has 0 bridgehead atoms. The molecule has 1 aromatic rings. The summed E-state index contributed by atoms with van der Waals surface area (Å²) in [5.74, 6) is 0.140. The van der Waals surface area contributed by atoms with Gasteiger partial charge in [0, 0.05) is 17.9 Å². The Hall–Kier alpha value is -1.48. The standard InChI is InChI=1S/C13H11FO2/c14-10-3-1-8(2-4-10)13-11-7-16-6-9(11)5-12(13)15/h1-4,9H,5-7H2/t9-/m0/s1. The number of carbonyl (C=O) groups excluding carboxylic acids is 1. The van der Waals surface area contributed by atoms with E-state index in [0.717, 1.165) is 16.7 Å². The molecule has 82 valence electrons. The van der Waals surface area contributed by atoms with E-state index in [1.165, 1.54) is 12.1 Å². The molecule has 0 spiro atoms. The van der Waals surface area contributed by atoms with Gasteiger partial charge >= 0.3 is 0 Å². The molecule has 1 saturated heterocycles. The van der Waals surface area contributed by atoms with Crippen LogP contribution in [0.2, 0.25) is 0 Å². The van der Waals surface area contributed by atoms with Gasteiger partial charge in [-0.25, -0.2) is 4.39 Å². The highest BCUT2D eigenvalue weighted by molar-refractivity contribution is 6.24. The summed E-state index contributed by atoms with van der Waals surface area (Å²) in [5.41, 5.74) is 2.66. The van der Waals surface area contributed by atoms with Crippen LogP contribution in [-0.4, -0.2) is 19.0 Å². The van der Waals surface area contributed by atoms with Crippen molar-refractivity contribution in [3.05, 3.63) is 41.2 Å². The molecule has 0 amide bonds. The maximum Gasteiger partial charge on any atom is 0.164 e. The third-order valence-electron chi connectivity index (χ3n) is 3.23. The normalized spacial score (nSPS) is 24.1. The molecule has 0 saturated carbocycles. The lowest BCUT2D eigenvalue weighted by Gasteiger charge is -2.03. The third-order valence-corrected chi connectivity index (χ3v) is 3.23. The summed E-state index contributed by atoms with van der Waals surface area (Å²) in [5, 5.41) is 0. The maximum absolute atomic E-state index is 12.8. The first-order valence-electron chi connectivity index (χ1n) is 5.35.